The van der Waals surface area contributed by atoms with E-state index in [0.717, 1.165) is 29.9 Å². The Morgan fingerprint density at radius 2 is 2.08 bits per heavy atom. The van der Waals surface area contributed by atoms with Crippen LogP contribution in [0.1, 0.15) is 47.5 Å². The number of aliphatic hydroxyl groups excluding tert-OH is 1. The van der Waals surface area contributed by atoms with Crippen molar-refractivity contribution in [1.82, 2.24) is 24.6 Å². The Morgan fingerprint density at radius 3 is 2.92 bits per heavy atom. The molecular formula is C20H23N5O. The van der Waals surface area contributed by atoms with Gasteiger partial charge in [0.15, 0.2) is 5.65 Å². The van der Waals surface area contributed by atoms with Gasteiger partial charge in [-0.15, -0.1) is 5.10 Å². The second kappa shape index (κ2) is 6.14. The molecule has 2 aliphatic rings. The van der Waals surface area contributed by atoms with Crippen LogP contribution in [-0.4, -0.2) is 42.8 Å². The third-order valence-corrected chi connectivity index (χ3v) is 5.86. The van der Waals surface area contributed by atoms with Crippen LogP contribution in [0.5, 0.6) is 0 Å². The molecular weight excluding hydrogens is 326 g/mol. The molecule has 3 aromatic heterocycles. The highest BCUT2D eigenvalue weighted by Gasteiger charge is 2.36. The second-order valence-electron chi connectivity index (χ2n) is 7.43. The molecule has 0 saturated carbocycles. The van der Waals surface area contributed by atoms with Crippen LogP contribution in [0.15, 0.2) is 30.6 Å². The van der Waals surface area contributed by atoms with Crippen LogP contribution in [0, 0.1) is 6.92 Å². The Labute approximate surface area is 152 Å². The molecule has 0 aliphatic carbocycles. The molecule has 6 nitrogen and oxygen atoms in total. The molecule has 1 saturated heterocycles. The van der Waals surface area contributed by atoms with Crippen molar-refractivity contribution in [3.05, 3.63) is 53.1 Å². The van der Waals surface area contributed by atoms with Gasteiger partial charge in [-0.1, -0.05) is 0 Å². The maximum Gasteiger partial charge on any atom is 0.163 e. The summed E-state index contributed by atoms with van der Waals surface area (Å²) in [5.74, 6) is 0. The quantitative estimate of drug-likeness (QED) is 0.787. The number of aryl methyl sites for hydroxylation is 1. The van der Waals surface area contributed by atoms with Gasteiger partial charge in [-0.3, -0.25) is 9.88 Å². The van der Waals surface area contributed by atoms with Crippen molar-refractivity contribution in [2.24, 2.45) is 0 Å². The zero-order valence-electron chi connectivity index (χ0n) is 15.0. The van der Waals surface area contributed by atoms with E-state index in [9.17, 15) is 5.11 Å². The predicted octanol–water partition coefficient (Wildman–Crippen LogP) is 2.56. The van der Waals surface area contributed by atoms with Gasteiger partial charge in [0.05, 0.1) is 18.3 Å². The largest absolute Gasteiger partial charge is 0.387 e. The number of nitrogens with zero attached hydrogens (tertiary/aromatic N) is 5. The minimum Gasteiger partial charge on any atom is -0.387 e. The highest BCUT2D eigenvalue weighted by molar-refractivity contribution is 5.83. The molecule has 5 rings (SSSR count). The summed E-state index contributed by atoms with van der Waals surface area (Å²) in [6.45, 7) is 4.78. The molecule has 134 valence electrons. The van der Waals surface area contributed by atoms with Gasteiger partial charge in [-0.05, 0) is 55.6 Å². The molecule has 6 heteroatoms. The number of pyridine rings is 1. The van der Waals surface area contributed by atoms with Crippen molar-refractivity contribution in [1.29, 1.82) is 0 Å². The fourth-order valence-electron chi connectivity index (χ4n) is 4.68. The van der Waals surface area contributed by atoms with Crippen molar-refractivity contribution in [2.75, 3.05) is 13.1 Å². The summed E-state index contributed by atoms with van der Waals surface area (Å²) in [6, 6.07) is 6.40. The molecule has 2 aliphatic heterocycles. The van der Waals surface area contributed by atoms with Crippen LogP contribution in [0.3, 0.4) is 0 Å². The topological polar surface area (TPSA) is 67.1 Å². The molecule has 1 fully saturated rings. The summed E-state index contributed by atoms with van der Waals surface area (Å²) in [5.41, 5.74) is 5.48. The maximum atomic E-state index is 10.8. The third kappa shape index (κ3) is 2.44. The average molecular weight is 349 g/mol. The number of rotatable bonds is 3. The summed E-state index contributed by atoms with van der Waals surface area (Å²) in [6.07, 6.45) is 6.34. The first-order valence-electron chi connectivity index (χ1n) is 9.39. The van der Waals surface area contributed by atoms with Crippen LogP contribution in [0.25, 0.3) is 11.0 Å². The maximum absolute atomic E-state index is 10.8. The molecule has 0 radical (unpaired) electrons. The van der Waals surface area contributed by atoms with E-state index in [-0.39, 0.29) is 0 Å². The normalized spacial score (nSPS) is 20.9. The van der Waals surface area contributed by atoms with Gasteiger partial charge in [0.25, 0.3) is 0 Å². The van der Waals surface area contributed by atoms with Gasteiger partial charge in [-0.25, -0.2) is 0 Å². The van der Waals surface area contributed by atoms with Gasteiger partial charge < -0.3 is 9.67 Å². The van der Waals surface area contributed by atoms with Gasteiger partial charge >= 0.3 is 0 Å². The number of aliphatic hydroxyl groups is 1. The van der Waals surface area contributed by atoms with Crippen molar-refractivity contribution in [2.45, 2.75) is 44.9 Å². The first-order chi connectivity index (χ1) is 12.7. The van der Waals surface area contributed by atoms with Gasteiger partial charge in [0.2, 0.25) is 0 Å². The lowest BCUT2D eigenvalue weighted by atomic mass is 9.96. The minimum atomic E-state index is -0.581. The van der Waals surface area contributed by atoms with Crippen molar-refractivity contribution >= 4 is 11.0 Å². The number of hydrogen-bond donors (Lipinski definition) is 1. The summed E-state index contributed by atoms with van der Waals surface area (Å²) in [5, 5.41) is 20.8. The Hall–Kier alpha value is -2.31. The fraction of sp³-hybridized carbons (Fsp3) is 0.450. The number of aromatic nitrogens is 4. The van der Waals surface area contributed by atoms with Crippen LogP contribution in [0.4, 0.5) is 0 Å². The van der Waals surface area contributed by atoms with Gasteiger partial charge in [0, 0.05) is 42.5 Å². The van der Waals surface area contributed by atoms with Crippen LogP contribution in [-0.2, 0) is 13.0 Å². The molecule has 2 unspecified atom stereocenters. The highest BCUT2D eigenvalue weighted by Crippen LogP contribution is 2.42. The molecule has 2 atom stereocenters. The molecule has 5 heterocycles. The minimum absolute atomic E-state index is 0.490. The SMILES string of the molecule is Cc1cc2c3c(n(CC(O)c4ccncc4)c2nn1)CCN1CCCC31. The smallest absolute Gasteiger partial charge is 0.163 e. The predicted molar refractivity (Wildman–Crippen MR) is 98.7 cm³/mol. The lowest BCUT2D eigenvalue weighted by Crippen LogP contribution is -2.31. The Kier molecular flexibility index (Phi) is 3.76. The highest BCUT2D eigenvalue weighted by atomic mass is 16.3. The van der Waals surface area contributed by atoms with Crippen molar-refractivity contribution in [3.8, 4) is 0 Å². The van der Waals surface area contributed by atoms with E-state index in [1.807, 2.05) is 19.1 Å². The number of fused-ring (bicyclic) bond motifs is 5. The first-order valence-corrected chi connectivity index (χ1v) is 9.39. The summed E-state index contributed by atoms with van der Waals surface area (Å²) in [7, 11) is 0. The molecule has 3 aromatic rings. The lowest BCUT2D eigenvalue weighted by molar-refractivity contribution is 0.155. The zero-order chi connectivity index (χ0) is 17.7. The standard InChI is InChI=1S/C20H23N5O/c1-13-11-15-19-16-3-2-9-24(16)10-6-17(19)25(20(15)23-22-13)12-18(26)14-4-7-21-8-5-14/h4-5,7-8,11,16,18,26H,2-3,6,9-10,12H2,1H3. The van der Waals surface area contributed by atoms with Crippen LogP contribution >= 0.6 is 0 Å². The van der Waals surface area contributed by atoms with E-state index in [4.69, 9.17) is 0 Å². The zero-order valence-corrected chi connectivity index (χ0v) is 15.0. The van der Waals surface area contributed by atoms with E-state index in [0.29, 0.717) is 12.6 Å². The molecule has 26 heavy (non-hydrogen) atoms. The first kappa shape index (κ1) is 15.9. The second-order valence-corrected chi connectivity index (χ2v) is 7.43. The van der Waals surface area contributed by atoms with E-state index in [1.54, 1.807) is 12.4 Å². The summed E-state index contributed by atoms with van der Waals surface area (Å²) in [4.78, 5) is 6.64. The van der Waals surface area contributed by atoms with E-state index in [2.05, 4.69) is 30.7 Å². The Morgan fingerprint density at radius 1 is 1.23 bits per heavy atom. The fourth-order valence-corrected chi connectivity index (χ4v) is 4.68. The summed E-state index contributed by atoms with van der Waals surface area (Å²) >= 11 is 0. The molecule has 1 N–H and O–H groups in total. The monoisotopic (exact) mass is 349 g/mol. The molecule has 0 amide bonds. The van der Waals surface area contributed by atoms with Crippen molar-refractivity contribution < 1.29 is 5.11 Å². The lowest BCUT2D eigenvalue weighted by Gasteiger charge is -2.31. The Bertz CT molecular complexity index is 952. The molecule has 0 spiro atoms. The number of hydrogen-bond acceptors (Lipinski definition) is 5. The van der Waals surface area contributed by atoms with E-state index in [1.165, 1.54) is 36.0 Å². The molecule has 0 aromatic carbocycles. The van der Waals surface area contributed by atoms with Gasteiger partial charge in [0.1, 0.15) is 0 Å². The van der Waals surface area contributed by atoms with Crippen LogP contribution in [0.2, 0.25) is 0 Å². The van der Waals surface area contributed by atoms with E-state index >= 15 is 0 Å². The van der Waals surface area contributed by atoms with Crippen LogP contribution < -0.4 is 0 Å². The van der Waals surface area contributed by atoms with E-state index < -0.39 is 6.10 Å². The molecule has 0 bridgehead atoms. The Balaban J connectivity index is 1.64. The van der Waals surface area contributed by atoms with Gasteiger partial charge in [-0.2, -0.15) is 5.10 Å². The van der Waals surface area contributed by atoms with Crippen molar-refractivity contribution in [3.63, 3.8) is 0 Å². The third-order valence-electron chi connectivity index (χ3n) is 5.86. The summed E-state index contributed by atoms with van der Waals surface area (Å²) < 4.78 is 2.21. The average Bonchev–Trinajstić information content (AvgIpc) is 3.25.